The summed E-state index contributed by atoms with van der Waals surface area (Å²) in [5, 5.41) is 0.135. The molecule has 1 nitrogen and oxygen atoms in total. The van der Waals surface area contributed by atoms with Gasteiger partial charge in [0.25, 0.3) is 0 Å². The molecule has 1 atom stereocenters. The third-order valence-electron chi connectivity index (χ3n) is 2.08. The Morgan fingerprint density at radius 3 is 2.50 bits per heavy atom. The molecule has 0 fully saturated rings. The highest BCUT2D eigenvalue weighted by Gasteiger charge is 2.25. The van der Waals surface area contributed by atoms with Gasteiger partial charge in [-0.25, -0.2) is 0 Å². The van der Waals surface area contributed by atoms with Gasteiger partial charge in [0, 0.05) is 0 Å². The minimum absolute atomic E-state index is 0.135. The van der Waals surface area contributed by atoms with Crippen molar-refractivity contribution < 1.29 is 8.51 Å². The zero-order chi connectivity index (χ0) is 8.20. The molecule has 0 radical (unpaired) electrons. The van der Waals surface area contributed by atoms with Gasteiger partial charge in [0.05, 0.1) is 6.67 Å². The molecular weight excluding hydrogens is 163 g/mol. The van der Waals surface area contributed by atoms with Crippen molar-refractivity contribution >= 4 is 20.2 Å². The van der Waals surface area contributed by atoms with E-state index in [1.165, 1.54) is 0 Å². The van der Waals surface area contributed by atoms with Crippen molar-refractivity contribution in [2.75, 3.05) is 6.67 Å². The predicted molar refractivity (Wildman–Crippen MR) is 48.7 cm³/mol. The van der Waals surface area contributed by atoms with Gasteiger partial charge in [-0.05, 0) is 11.0 Å². The molecule has 0 aliphatic rings. The largest absolute Gasteiger partial charge is 0.468 e. The second-order valence-corrected chi connectivity index (χ2v) is 7.90. The van der Waals surface area contributed by atoms with Gasteiger partial charge >= 0.3 is 0 Å². The summed E-state index contributed by atoms with van der Waals surface area (Å²) in [5.74, 6) is 0.160. The van der Waals surface area contributed by atoms with E-state index in [0.717, 1.165) is 10.5 Å². The van der Waals surface area contributed by atoms with E-state index in [4.69, 9.17) is 4.12 Å². The fourth-order valence-corrected chi connectivity index (χ4v) is 4.09. The lowest BCUT2D eigenvalue weighted by atomic mass is 9.98. The van der Waals surface area contributed by atoms with Gasteiger partial charge in [-0.3, -0.25) is 4.39 Å². The zero-order valence-electron chi connectivity index (χ0n) is 7.28. The predicted octanol–water partition coefficient (Wildman–Crippen LogP) is 0.171. The third-order valence-corrected chi connectivity index (χ3v) is 4.68. The van der Waals surface area contributed by atoms with Gasteiger partial charge < -0.3 is 4.12 Å². The number of halogens is 1. The summed E-state index contributed by atoms with van der Waals surface area (Å²) in [7, 11) is 0.320. The Morgan fingerprint density at radius 1 is 1.70 bits per heavy atom. The molecule has 62 valence electrons. The van der Waals surface area contributed by atoms with Crippen LogP contribution in [0.25, 0.3) is 0 Å². The van der Waals surface area contributed by atoms with E-state index in [1.54, 1.807) is 0 Å². The minimum atomic E-state index is -0.487. The lowest BCUT2D eigenvalue weighted by Crippen LogP contribution is -2.24. The second-order valence-electron chi connectivity index (χ2n) is 3.48. The first-order chi connectivity index (χ1) is 4.54. The Kier molecular flexibility index (Phi) is 4.39. The van der Waals surface area contributed by atoms with E-state index in [1.807, 2.05) is 6.92 Å². The average Bonchev–Trinajstić information content (AvgIpc) is 1.86. The summed E-state index contributed by atoms with van der Waals surface area (Å²) >= 11 is 0. The highest BCUT2D eigenvalue weighted by molar-refractivity contribution is 6.38. The van der Waals surface area contributed by atoms with Crippen LogP contribution >= 0.6 is 0 Å². The second kappa shape index (κ2) is 4.25. The van der Waals surface area contributed by atoms with Crippen LogP contribution < -0.4 is 0 Å². The topological polar surface area (TPSA) is 9.23 Å². The maximum Gasteiger partial charge on any atom is 0.151 e. The maximum atomic E-state index is 12.2. The molecule has 0 rings (SSSR count). The third kappa shape index (κ3) is 2.94. The maximum absolute atomic E-state index is 12.2. The summed E-state index contributed by atoms with van der Waals surface area (Å²) in [6, 6.07) is 0. The molecule has 0 aliphatic heterocycles. The molecule has 0 aromatic heterocycles. The number of alkyl halides is 1. The van der Waals surface area contributed by atoms with Gasteiger partial charge in [-0.15, -0.1) is 0 Å². The molecule has 0 aromatic rings. The van der Waals surface area contributed by atoms with Gasteiger partial charge in [0.2, 0.25) is 0 Å². The highest BCUT2D eigenvalue weighted by atomic mass is 28.3. The number of hydrogen-bond acceptors (Lipinski definition) is 1. The van der Waals surface area contributed by atoms with E-state index in [0.29, 0.717) is 0 Å². The smallest absolute Gasteiger partial charge is 0.151 e. The first-order valence-corrected chi connectivity index (χ1v) is 5.69. The molecule has 0 aliphatic carbocycles. The van der Waals surface area contributed by atoms with Gasteiger partial charge in [0.1, 0.15) is 10.5 Å². The van der Waals surface area contributed by atoms with Gasteiger partial charge in [-0.2, -0.15) is 0 Å². The monoisotopic (exact) mass is 180 g/mol. The van der Waals surface area contributed by atoms with E-state index < -0.39 is 9.76 Å². The van der Waals surface area contributed by atoms with Crippen molar-refractivity contribution in [1.29, 1.82) is 0 Å². The molecule has 0 heterocycles. The van der Waals surface area contributed by atoms with E-state index in [2.05, 4.69) is 13.8 Å². The fourth-order valence-electron chi connectivity index (χ4n) is 0.723. The first-order valence-electron chi connectivity index (χ1n) is 3.59. The molecule has 0 N–H and O–H groups in total. The zero-order valence-corrected chi connectivity index (χ0v) is 10.7. The van der Waals surface area contributed by atoms with Crippen LogP contribution in [-0.4, -0.2) is 26.9 Å². The standard InChI is InChI=1S/C6H17FOSi2/c1-5(4-7)6(2,3)10-8-9/h5H,4,10H2,1-3,9H3. The van der Waals surface area contributed by atoms with Crippen LogP contribution in [0.5, 0.6) is 0 Å². The Morgan fingerprint density at radius 2 is 2.20 bits per heavy atom. The molecule has 1 unspecified atom stereocenters. The molecule has 4 heteroatoms. The van der Waals surface area contributed by atoms with Crippen LogP contribution in [0.15, 0.2) is 0 Å². The van der Waals surface area contributed by atoms with Crippen LogP contribution in [0.1, 0.15) is 20.8 Å². The van der Waals surface area contributed by atoms with Crippen LogP contribution in [0.4, 0.5) is 4.39 Å². The van der Waals surface area contributed by atoms with Crippen LogP contribution in [-0.2, 0) is 4.12 Å². The lowest BCUT2D eigenvalue weighted by Gasteiger charge is -2.28. The molecule has 0 aromatic carbocycles. The number of hydrogen-bond donors (Lipinski definition) is 0. The molecule has 0 spiro atoms. The Hall–Kier alpha value is 0.324. The Labute approximate surface area is 67.8 Å². The SMILES string of the molecule is CC(CF)C(C)(C)[SiH2]O[SiH3]. The minimum Gasteiger partial charge on any atom is -0.468 e. The summed E-state index contributed by atoms with van der Waals surface area (Å²) in [4.78, 5) is 0. The summed E-state index contributed by atoms with van der Waals surface area (Å²) < 4.78 is 17.4. The molecule has 0 bridgehead atoms. The molecular formula is C6H17FOSi2. The Bertz CT molecular complexity index is 97.7. The van der Waals surface area contributed by atoms with Gasteiger partial charge in [-0.1, -0.05) is 20.8 Å². The van der Waals surface area contributed by atoms with E-state index in [9.17, 15) is 4.39 Å². The quantitative estimate of drug-likeness (QED) is 0.561. The van der Waals surface area contributed by atoms with Crippen LogP contribution in [0.2, 0.25) is 5.04 Å². The van der Waals surface area contributed by atoms with Crippen LogP contribution in [0.3, 0.4) is 0 Å². The van der Waals surface area contributed by atoms with Crippen molar-refractivity contribution in [2.24, 2.45) is 5.92 Å². The van der Waals surface area contributed by atoms with Crippen molar-refractivity contribution in [1.82, 2.24) is 0 Å². The van der Waals surface area contributed by atoms with Crippen LogP contribution in [0, 0.1) is 5.92 Å². The summed E-state index contributed by atoms with van der Waals surface area (Å²) in [6.45, 7) is 5.93. The average molecular weight is 180 g/mol. The van der Waals surface area contributed by atoms with Crippen molar-refractivity contribution in [3.63, 3.8) is 0 Å². The Balaban J connectivity index is 3.82. The summed E-state index contributed by atoms with van der Waals surface area (Å²) in [5.41, 5.74) is 0. The molecule has 0 saturated heterocycles. The number of rotatable bonds is 4. The molecule has 0 saturated carbocycles. The lowest BCUT2D eigenvalue weighted by molar-refractivity contribution is 0.310. The van der Waals surface area contributed by atoms with E-state index >= 15 is 0 Å². The molecule has 0 amide bonds. The van der Waals surface area contributed by atoms with Gasteiger partial charge in [0.15, 0.2) is 9.76 Å². The molecule has 10 heavy (non-hydrogen) atoms. The first kappa shape index (κ1) is 10.3. The van der Waals surface area contributed by atoms with Crippen molar-refractivity contribution in [2.45, 2.75) is 25.8 Å². The normalized spacial score (nSPS) is 16.8. The van der Waals surface area contributed by atoms with Crippen molar-refractivity contribution in [3.05, 3.63) is 0 Å². The fraction of sp³-hybridized carbons (Fsp3) is 1.00. The highest BCUT2D eigenvalue weighted by Crippen LogP contribution is 2.33. The van der Waals surface area contributed by atoms with E-state index in [-0.39, 0.29) is 17.6 Å². The van der Waals surface area contributed by atoms with Crippen molar-refractivity contribution in [3.8, 4) is 0 Å². The summed E-state index contributed by atoms with van der Waals surface area (Å²) in [6.07, 6.45) is 0.